The molecule has 0 aliphatic carbocycles. The summed E-state index contributed by atoms with van der Waals surface area (Å²) in [5.41, 5.74) is 2.05. The van der Waals surface area contributed by atoms with E-state index in [1.165, 1.54) is 10.9 Å². The number of benzene rings is 2. The number of hydrogen-bond donors (Lipinski definition) is 2. The SMILES string of the molecule is Cl.O=C1N[C@H]2CNC[C@@H]2c2cc3ccccc3cc21. The minimum Gasteiger partial charge on any atom is -0.347 e. The van der Waals surface area contributed by atoms with Gasteiger partial charge in [0.15, 0.2) is 0 Å². The first kappa shape index (κ1) is 12.5. The maximum atomic E-state index is 12.1. The molecule has 2 aromatic carbocycles. The van der Waals surface area contributed by atoms with E-state index < -0.39 is 0 Å². The van der Waals surface area contributed by atoms with Gasteiger partial charge in [0.25, 0.3) is 5.91 Å². The van der Waals surface area contributed by atoms with E-state index in [2.05, 4.69) is 28.8 Å². The van der Waals surface area contributed by atoms with Gasteiger partial charge in [-0.05, 0) is 28.5 Å². The van der Waals surface area contributed by atoms with Crippen molar-refractivity contribution in [2.45, 2.75) is 12.0 Å². The number of rotatable bonds is 0. The number of halogens is 1. The first-order chi connectivity index (χ1) is 8.83. The molecule has 0 radical (unpaired) electrons. The molecule has 3 nitrogen and oxygen atoms in total. The monoisotopic (exact) mass is 274 g/mol. The number of carbonyl (C=O) groups excluding carboxylic acids is 1. The molecule has 0 spiro atoms. The lowest BCUT2D eigenvalue weighted by Crippen LogP contribution is -2.44. The first-order valence-corrected chi connectivity index (χ1v) is 6.37. The van der Waals surface area contributed by atoms with E-state index in [0.29, 0.717) is 5.92 Å². The van der Waals surface area contributed by atoms with Crippen molar-refractivity contribution in [3.8, 4) is 0 Å². The van der Waals surface area contributed by atoms with E-state index in [0.717, 1.165) is 24.0 Å². The molecule has 2 aromatic rings. The van der Waals surface area contributed by atoms with Crippen molar-refractivity contribution in [3.63, 3.8) is 0 Å². The van der Waals surface area contributed by atoms with Gasteiger partial charge >= 0.3 is 0 Å². The third kappa shape index (κ3) is 1.81. The predicted molar refractivity (Wildman–Crippen MR) is 78.1 cm³/mol. The summed E-state index contributed by atoms with van der Waals surface area (Å²) in [7, 11) is 0. The average Bonchev–Trinajstić information content (AvgIpc) is 2.85. The molecule has 1 fully saturated rings. The molecule has 4 rings (SSSR count). The molecule has 2 aliphatic rings. The van der Waals surface area contributed by atoms with Crippen LogP contribution in [0.25, 0.3) is 10.8 Å². The Balaban J connectivity index is 0.00000110. The molecular formula is C15H15ClN2O. The molecule has 0 saturated carbocycles. The summed E-state index contributed by atoms with van der Waals surface area (Å²) < 4.78 is 0. The maximum Gasteiger partial charge on any atom is 0.251 e. The van der Waals surface area contributed by atoms with Crippen LogP contribution >= 0.6 is 12.4 Å². The molecule has 2 atom stereocenters. The molecule has 2 N–H and O–H groups in total. The Hall–Kier alpha value is -1.58. The van der Waals surface area contributed by atoms with Gasteiger partial charge in [0, 0.05) is 30.6 Å². The Labute approximate surface area is 117 Å². The van der Waals surface area contributed by atoms with Crippen molar-refractivity contribution in [1.29, 1.82) is 0 Å². The fraction of sp³-hybridized carbons (Fsp3) is 0.267. The molecule has 0 aromatic heterocycles. The standard InChI is InChI=1S/C15H14N2O.ClH/c18-15-12-6-10-4-2-1-3-9(10)5-11(12)13-7-16-8-14(13)17-15;/h1-6,13-14,16H,7-8H2,(H,17,18);1H/t13-,14+;/m1./s1. The number of nitrogens with one attached hydrogen (secondary N) is 2. The normalized spacial score (nSPS) is 24.3. The number of hydrogen-bond acceptors (Lipinski definition) is 2. The summed E-state index contributed by atoms with van der Waals surface area (Å²) in [6, 6.07) is 12.7. The van der Waals surface area contributed by atoms with E-state index in [4.69, 9.17) is 0 Å². The molecule has 19 heavy (non-hydrogen) atoms. The zero-order valence-corrected chi connectivity index (χ0v) is 11.2. The van der Waals surface area contributed by atoms with Gasteiger partial charge in [-0.3, -0.25) is 4.79 Å². The molecule has 4 heteroatoms. The Kier molecular flexibility index (Phi) is 2.96. The highest BCUT2D eigenvalue weighted by molar-refractivity contribution is 6.01. The summed E-state index contributed by atoms with van der Waals surface area (Å²) in [4.78, 5) is 12.1. The highest BCUT2D eigenvalue weighted by Crippen LogP contribution is 2.33. The Bertz CT molecular complexity index is 656. The lowest BCUT2D eigenvalue weighted by Gasteiger charge is -2.28. The van der Waals surface area contributed by atoms with E-state index in [-0.39, 0.29) is 24.4 Å². The summed E-state index contributed by atoms with van der Waals surface area (Å²) in [6.45, 7) is 1.83. The van der Waals surface area contributed by atoms with Gasteiger partial charge < -0.3 is 10.6 Å². The first-order valence-electron chi connectivity index (χ1n) is 6.37. The minimum absolute atomic E-state index is 0. The maximum absolute atomic E-state index is 12.1. The van der Waals surface area contributed by atoms with Crippen molar-refractivity contribution >= 4 is 29.1 Å². The molecule has 1 amide bonds. The van der Waals surface area contributed by atoms with Crippen molar-refractivity contribution in [1.82, 2.24) is 10.6 Å². The van der Waals surface area contributed by atoms with E-state index in [1.54, 1.807) is 0 Å². The van der Waals surface area contributed by atoms with E-state index in [1.807, 2.05) is 18.2 Å². The third-order valence-electron chi connectivity index (χ3n) is 4.09. The van der Waals surface area contributed by atoms with Gasteiger partial charge in [0.1, 0.15) is 0 Å². The van der Waals surface area contributed by atoms with Crippen LogP contribution in [0.1, 0.15) is 21.8 Å². The van der Waals surface area contributed by atoms with E-state index in [9.17, 15) is 4.79 Å². The van der Waals surface area contributed by atoms with Crippen LogP contribution in [0.15, 0.2) is 36.4 Å². The van der Waals surface area contributed by atoms with Gasteiger partial charge in [-0.25, -0.2) is 0 Å². The van der Waals surface area contributed by atoms with Crippen molar-refractivity contribution in [2.75, 3.05) is 13.1 Å². The van der Waals surface area contributed by atoms with Gasteiger partial charge in [-0.15, -0.1) is 12.4 Å². The minimum atomic E-state index is 0. The summed E-state index contributed by atoms with van der Waals surface area (Å²) >= 11 is 0. The Morgan fingerprint density at radius 2 is 1.79 bits per heavy atom. The highest BCUT2D eigenvalue weighted by Gasteiger charge is 2.36. The van der Waals surface area contributed by atoms with Gasteiger partial charge in [0.2, 0.25) is 0 Å². The van der Waals surface area contributed by atoms with Crippen LogP contribution in [0.5, 0.6) is 0 Å². The average molecular weight is 275 g/mol. The highest BCUT2D eigenvalue weighted by atomic mass is 35.5. The zero-order valence-electron chi connectivity index (χ0n) is 10.3. The van der Waals surface area contributed by atoms with Crippen LogP contribution < -0.4 is 10.6 Å². The quantitative estimate of drug-likeness (QED) is 0.772. The molecule has 0 unspecified atom stereocenters. The molecule has 2 heterocycles. The van der Waals surface area contributed by atoms with Crippen LogP contribution in [-0.2, 0) is 0 Å². The van der Waals surface area contributed by atoms with Crippen LogP contribution in [-0.4, -0.2) is 25.0 Å². The fourth-order valence-corrected chi connectivity index (χ4v) is 3.16. The van der Waals surface area contributed by atoms with Crippen molar-refractivity contribution in [2.24, 2.45) is 0 Å². The third-order valence-corrected chi connectivity index (χ3v) is 4.09. The smallest absolute Gasteiger partial charge is 0.251 e. The molecule has 98 valence electrons. The number of amides is 1. The Morgan fingerprint density at radius 1 is 1.05 bits per heavy atom. The van der Waals surface area contributed by atoms with Crippen LogP contribution in [0.4, 0.5) is 0 Å². The van der Waals surface area contributed by atoms with Crippen molar-refractivity contribution in [3.05, 3.63) is 47.5 Å². The lowest BCUT2D eigenvalue weighted by atomic mass is 9.85. The van der Waals surface area contributed by atoms with Crippen molar-refractivity contribution < 1.29 is 4.79 Å². The molecule has 1 saturated heterocycles. The number of fused-ring (bicyclic) bond motifs is 4. The topological polar surface area (TPSA) is 41.1 Å². The molecular weight excluding hydrogens is 260 g/mol. The second-order valence-corrected chi connectivity index (χ2v) is 5.13. The lowest BCUT2D eigenvalue weighted by molar-refractivity contribution is 0.0924. The second kappa shape index (κ2) is 4.51. The van der Waals surface area contributed by atoms with Gasteiger partial charge in [-0.2, -0.15) is 0 Å². The Morgan fingerprint density at radius 3 is 2.58 bits per heavy atom. The molecule has 0 bridgehead atoms. The zero-order chi connectivity index (χ0) is 12.1. The summed E-state index contributed by atoms with van der Waals surface area (Å²) in [5, 5.41) is 8.81. The summed E-state index contributed by atoms with van der Waals surface area (Å²) in [6.07, 6.45) is 0. The number of carbonyl (C=O) groups is 1. The predicted octanol–water partition coefficient (Wildman–Crippen LogP) is 2.06. The fourth-order valence-electron chi connectivity index (χ4n) is 3.16. The second-order valence-electron chi connectivity index (χ2n) is 5.13. The van der Waals surface area contributed by atoms with Crippen LogP contribution in [0.2, 0.25) is 0 Å². The van der Waals surface area contributed by atoms with Gasteiger partial charge in [0.05, 0.1) is 0 Å². The van der Waals surface area contributed by atoms with Crippen LogP contribution in [0, 0.1) is 0 Å². The van der Waals surface area contributed by atoms with Gasteiger partial charge in [-0.1, -0.05) is 24.3 Å². The van der Waals surface area contributed by atoms with Crippen LogP contribution in [0.3, 0.4) is 0 Å². The largest absolute Gasteiger partial charge is 0.347 e. The van der Waals surface area contributed by atoms with E-state index >= 15 is 0 Å². The molecule has 2 aliphatic heterocycles. The summed E-state index contributed by atoms with van der Waals surface area (Å²) in [5.74, 6) is 0.489.